The maximum absolute atomic E-state index is 14.9. The molecule has 2 saturated heterocycles. The highest BCUT2D eigenvalue weighted by atomic mass is 32.2. The summed E-state index contributed by atoms with van der Waals surface area (Å²) in [4.78, 5) is 28.3. The average molecular weight is 557 g/mol. The Labute approximate surface area is 218 Å². The summed E-state index contributed by atoms with van der Waals surface area (Å²) in [6.45, 7) is 2.57. The van der Waals surface area contributed by atoms with Gasteiger partial charge in [0.05, 0.1) is 29.7 Å². The number of hydrogen-bond donors (Lipinski definition) is 1. The Hall–Kier alpha value is -2.99. The molecule has 0 spiro atoms. The Bertz CT molecular complexity index is 1330. The van der Waals surface area contributed by atoms with Crippen molar-refractivity contribution in [2.75, 3.05) is 26.0 Å². The van der Waals surface area contributed by atoms with Gasteiger partial charge in [0, 0.05) is 29.8 Å². The van der Waals surface area contributed by atoms with Crippen LogP contribution in [0.3, 0.4) is 0 Å². The van der Waals surface area contributed by atoms with Gasteiger partial charge in [0.15, 0.2) is 9.84 Å². The molecule has 2 aromatic carbocycles. The number of halogens is 4. The monoisotopic (exact) mass is 556 g/mol. The largest absolute Gasteiger partial charge is 0.416 e. The molecule has 1 N–H and O–H groups in total. The van der Waals surface area contributed by atoms with Crippen molar-refractivity contribution in [1.82, 2.24) is 10.2 Å². The minimum Gasteiger partial charge on any atom is -0.381 e. The van der Waals surface area contributed by atoms with Gasteiger partial charge in [0.25, 0.3) is 5.91 Å². The van der Waals surface area contributed by atoms with Crippen LogP contribution in [-0.4, -0.2) is 57.2 Å². The van der Waals surface area contributed by atoms with Crippen molar-refractivity contribution < 1.29 is 40.3 Å². The van der Waals surface area contributed by atoms with Gasteiger partial charge in [-0.05, 0) is 42.7 Å². The molecule has 0 aliphatic carbocycles. The van der Waals surface area contributed by atoms with Crippen LogP contribution >= 0.6 is 0 Å². The third kappa shape index (κ3) is 5.85. The van der Waals surface area contributed by atoms with Crippen LogP contribution < -0.4 is 5.32 Å². The Morgan fingerprint density at radius 2 is 1.87 bits per heavy atom. The minimum atomic E-state index is -4.72. The van der Waals surface area contributed by atoms with Crippen molar-refractivity contribution in [1.29, 1.82) is 0 Å². The van der Waals surface area contributed by atoms with E-state index in [1.54, 1.807) is 0 Å². The summed E-state index contributed by atoms with van der Waals surface area (Å²) in [6, 6.07) is 5.87. The number of hydrogen-bond acceptors (Lipinski definition) is 5. The third-order valence-electron chi connectivity index (χ3n) is 7.13. The van der Waals surface area contributed by atoms with Crippen LogP contribution in [0.2, 0.25) is 0 Å². The van der Waals surface area contributed by atoms with Crippen molar-refractivity contribution in [2.24, 2.45) is 11.8 Å². The lowest BCUT2D eigenvalue weighted by Crippen LogP contribution is -2.50. The Morgan fingerprint density at radius 1 is 1.16 bits per heavy atom. The standard InChI is InChI=1S/C26H28F4N2O5S/c1-3-15-9-22(32(12-15)25(34)16-5-4-6-19(10-16)38(2,35)36)24(33)31-23(17-13-37-14-17)20-8-7-18(11-21(20)27)26(28,29)30/h4-8,10-11,15,17,22-23H,3,9,12-14H2,1-2H3,(H,31,33)/t15-,22-,23?/m1/s1. The van der Waals surface area contributed by atoms with Gasteiger partial charge in [-0.25, -0.2) is 12.8 Å². The quantitative estimate of drug-likeness (QED) is 0.521. The van der Waals surface area contributed by atoms with Crippen LogP contribution in [0.5, 0.6) is 0 Å². The van der Waals surface area contributed by atoms with E-state index in [1.165, 1.54) is 29.2 Å². The van der Waals surface area contributed by atoms with Crippen molar-refractivity contribution in [2.45, 2.75) is 42.9 Å². The number of nitrogens with zero attached hydrogens (tertiary/aromatic N) is 1. The lowest BCUT2D eigenvalue weighted by atomic mass is 9.90. The zero-order valence-corrected chi connectivity index (χ0v) is 21.6. The smallest absolute Gasteiger partial charge is 0.381 e. The van der Waals surface area contributed by atoms with Crippen molar-refractivity contribution in [3.8, 4) is 0 Å². The predicted molar refractivity (Wildman–Crippen MR) is 129 cm³/mol. The van der Waals surface area contributed by atoms with Crippen LogP contribution in [0.1, 0.15) is 47.3 Å². The number of amides is 2. The number of carbonyl (C=O) groups excluding carboxylic acids is 2. The normalized spacial score (nSPS) is 21.2. The van der Waals surface area contributed by atoms with Crippen LogP contribution in [0.25, 0.3) is 0 Å². The zero-order chi connectivity index (χ0) is 27.8. The van der Waals surface area contributed by atoms with Gasteiger partial charge in [-0.2, -0.15) is 13.2 Å². The van der Waals surface area contributed by atoms with Gasteiger partial charge in [0.1, 0.15) is 11.9 Å². The van der Waals surface area contributed by atoms with Crippen molar-refractivity contribution in [3.63, 3.8) is 0 Å². The van der Waals surface area contributed by atoms with E-state index in [2.05, 4.69) is 5.32 Å². The summed E-state index contributed by atoms with van der Waals surface area (Å²) < 4.78 is 83.1. The third-order valence-corrected chi connectivity index (χ3v) is 8.24. The molecule has 2 amide bonds. The molecule has 3 atom stereocenters. The van der Waals surface area contributed by atoms with Gasteiger partial charge in [0.2, 0.25) is 5.91 Å². The zero-order valence-electron chi connectivity index (χ0n) is 20.8. The average Bonchev–Trinajstić information content (AvgIpc) is 3.26. The van der Waals surface area contributed by atoms with E-state index in [-0.39, 0.29) is 47.6 Å². The minimum absolute atomic E-state index is 0.00100. The molecule has 0 bridgehead atoms. The van der Waals surface area contributed by atoms with Crippen LogP contribution in [0.4, 0.5) is 17.6 Å². The molecule has 2 heterocycles. The first-order chi connectivity index (χ1) is 17.8. The second kappa shape index (κ2) is 10.6. The van der Waals surface area contributed by atoms with E-state index in [0.29, 0.717) is 18.9 Å². The van der Waals surface area contributed by atoms with E-state index in [1.807, 2.05) is 6.92 Å². The molecule has 2 aliphatic heterocycles. The van der Waals surface area contributed by atoms with E-state index >= 15 is 0 Å². The van der Waals surface area contributed by atoms with Crippen LogP contribution in [0, 0.1) is 17.7 Å². The summed E-state index contributed by atoms with van der Waals surface area (Å²) in [5.41, 5.74) is -1.12. The SMILES string of the molecule is CC[C@@H]1C[C@H](C(=O)NC(c2ccc(C(F)(F)F)cc2F)C2COC2)N(C(=O)c2cccc(S(C)(=O)=O)c2)C1. The molecule has 2 aliphatic rings. The van der Waals surface area contributed by atoms with Crippen molar-refractivity contribution in [3.05, 3.63) is 65.0 Å². The maximum Gasteiger partial charge on any atom is 0.416 e. The molecule has 2 aromatic rings. The lowest BCUT2D eigenvalue weighted by molar-refractivity contribution is -0.138. The van der Waals surface area contributed by atoms with Gasteiger partial charge in [-0.1, -0.05) is 25.5 Å². The lowest BCUT2D eigenvalue weighted by Gasteiger charge is -2.36. The highest BCUT2D eigenvalue weighted by Gasteiger charge is 2.42. The summed E-state index contributed by atoms with van der Waals surface area (Å²) >= 11 is 0. The molecule has 0 radical (unpaired) electrons. The molecule has 4 rings (SSSR count). The fourth-order valence-electron chi connectivity index (χ4n) is 4.82. The van der Waals surface area contributed by atoms with Gasteiger partial charge >= 0.3 is 6.18 Å². The molecular formula is C26H28F4N2O5S. The van der Waals surface area contributed by atoms with Crippen molar-refractivity contribution >= 4 is 21.7 Å². The molecule has 1 unspecified atom stereocenters. The molecule has 0 saturated carbocycles. The molecule has 2 fully saturated rings. The summed E-state index contributed by atoms with van der Waals surface area (Å²) in [6.07, 6.45) is -2.67. The highest BCUT2D eigenvalue weighted by Crippen LogP contribution is 2.35. The van der Waals surface area contributed by atoms with Gasteiger partial charge in [-0.3, -0.25) is 9.59 Å². The number of carbonyl (C=O) groups is 2. The second-order valence-electron chi connectivity index (χ2n) is 9.80. The predicted octanol–water partition coefficient (Wildman–Crippen LogP) is 3.99. The fourth-order valence-corrected chi connectivity index (χ4v) is 5.49. The number of likely N-dealkylation sites (tertiary alicyclic amines) is 1. The van der Waals surface area contributed by atoms with E-state index in [9.17, 15) is 35.6 Å². The fraction of sp³-hybridized carbons (Fsp3) is 0.462. The molecule has 12 heteroatoms. The van der Waals surface area contributed by atoms with Crippen LogP contribution in [0.15, 0.2) is 47.4 Å². The number of benzene rings is 2. The number of ether oxygens (including phenoxy) is 1. The topological polar surface area (TPSA) is 92.8 Å². The Balaban J connectivity index is 1.60. The molecular weight excluding hydrogens is 528 g/mol. The molecule has 38 heavy (non-hydrogen) atoms. The van der Waals surface area contributed by atoms with E-state index < -0.39 is 51.3 Å². The van der Waals surface area contributed by atoms with E-state index in [0.717, 1.165) is 18.4 Å². The summed E-state index contributed by atoms with van der Waals surface area (Å²) in [7, 11) is -3.56. The number of rotatable bonds is 7. The molecule has 206 valence electrons. The second-order valence-corrected chi connectivity index (χ2v) is 11.8. The number of nitrogens with one attached hydrogen (secondary N) is 1. The number of sulfone groups is 1. The summed E-state index contributed by atoms with van der Waals surface area (Å²) in [5, 5.41) is 2.76. The van der Waals surface area contributed by atoms with E-state index in [4.69, 9.17) is 4.74 Å². The molecule has 0 aromatic heterocycles. The van der Waals surface area contributed by atoms with Gasteiger partial charge in [-0.15, -0.1) is 0 Å². The highest BCUT2D eigenvalue weighted by molar-refractivity contribution is 7.90. The number of alkyl halides is 3. The first-order valence-corrected chi connectivity index (χ1v) is 14.0. The maximum atomic E-state index is 14.9. The summed E-state index contributed by atoms with van der Waals surface area (Å²) in [5.74, 6) is -2.54. The van der Waals surface area contributed by atoms with Crippen LogP contribution in [-0.2, 0) is 25.5 Å². The first kappa shape index (κ1) is 28.0. The Kier molecular flexibility index (Phi) is 7.85. The van der Waals surface area contributed by atoms with Gasteiger partial charge < -0.3 is 15.0 Å². The Morgan fingerprint density at radius 3 is 2.42 bits per heavy atom. The molecule has 7 nitrogen and oxygen atoms in total. The first-order valence-electron chi connectivity index (χ1n) is 12.2.